The van der Waals surface area contributed by atoms with E-state index in [0.29, 0.717) is 11.4 Å². The van der Waals surface area contributed by atoms with Crippen LogP contribution in [0, 0.1) is 5.82 Å². The maximum Gasteiger partial charge on any atom is 0.141 e. The van der Waals surface area contributed by atoms with Gasteiger partial charge in [0.15, 0.2) is 0 Å². The van der Waals surface area contributed by atoms with E-state index in [-0.39, 0.29) is 5.82 Å². The smallest absolute Gasteiger partial charge is 0.141 e. The third kappa shape index (κ3) is 2.63. The molecule has 0 aliphatic rings. The van der Waals surface area contributed by atoms with Crippen LogP contribution in [0.4, 0.5) is 4.39 Å². The Labute approximate surface area is 124 Å². The van der Waals surface area contributed by atoms with E-state index in [1.165, 1.54) is 17.8 Å². The summed E-state index contributed by atoms with van der Waals surface area (Å²) in [6.45, 7) is 0.718. The molecule has 1 aromatic carbocycles. The average molecular weight is 332 g/mol. The van der Waals surface area contributed by atoms with Gasteiger partial charge < -0.3 is 4.57 Å². The molecule has 0 saturated heterocycles. The highest BCUT2D eigenvalue weighted by atomic mass is 79.9. The van der Waals surface area contributed by atoms with E-state index in [9.17, 15) is 4.39 Å². The number of hydrogen-bond donors (Lipinski definition) is 0. The second-order valence-corrected chi connectivity index (χ2v) is 5.11. The van der Waals surface area contributed by atoms with Crippen LogP contribution in [0.5, 0.6) is 0 Å². The summed E-state index contributed by atoms with van der Waals surface area (Å²) in [7, 11) is 0. The van der Waals surface area contributed by atoms with Crippen molar-refractivity contribution in [2.45, 2.75) is 6.54 Å². The van der Waals surface area contributed by atoms with Gasteiger partial charge in [-0.25, -0.2) is 9.37 Å². The fourth-order valence-corrected chi connectivity index (χ4v) is 2.47. The fraction of sp³-hybridized carbons (Fsp3) is 0.0667. The zero-order chi connectivity index (χ0) is 13.9. The van der Waals surface area contributed by atoms with Gasteiger partial charge in [0, 0.05) is 6.54 Å². The van der Waals surface area contributed by atoms with Crippen molar-refractivity contribution < 1.29 is 4.39 Å². The predicted molar refractivity (Wildman–Crippen MR) is 78.7 cm³/mol. The van der Waals surface area contributed by atoms with Crippen molar-refractivity contribution in [3.05, 3.63) is 71.0 Å². The van der Waals surface area contributed by atoms with Crippen LogP contribution in [-0.2, 0) is 6.54 Å². The molecule has 20 heavy (non-hydrogen) atoms. The SMILES string of the molecule is Fc1ccc(-c2ncn(Cc3ccccc3)c2Br)nc1. The zero-order valence-electron chi connectivity index (χ0n) is 10.5. The molecule has 0 N–H and O–H groups in total. The monoisotopic (exact) mass is 331 g/mol. The van der Waals surface area contributed by atoms with E-state index in [1.807, 2.05) is 22.8 Å². The van der Waals surface area contributed by atoms with Crippen LogP contribution in [0.2, 0.25) is 0 Å². The lowest BCUT2D eigenvalue weighted by Crippen LogP contribution is -1.98. The van der Waals surface area contributed by atoms with Crippen molar-refractivity contribution in [2.24, 2.45) is 0 Å². The molecule has 0 unspecified atom stereocenters. The minimum absolute atomic E-state index is 0.353. The molecule has 0 aliphatic carbocycles. The summed E-state index contributed by atoms with van der Waals surface area (Å²) < 4.78 is 15.7. The number of aromatic nitrogens is 3. The Bertz CT molecular complexity index is 708. The first kappa shape index (κ1) is 13.0. The van der Waals surface area contributed by atoms with E-state index in [2.05, 4.69) is 38.0 Å². The molecule has 2 aromatic heterocycles. The van der Waals surface area contributed by atoms with Gasteiger partial charge in [-0.1, -0.05) is 30.3 Å². The Kier molecular flexibility index (Phi) is 3.60. The predicted octanol–water partition coefficient (Wildman–Crippen LogP) is 3.90. The number of halogens is 2. The van der Waals surface area contributed by atoms with Gasteiger partial charge in [-0.05, 0) is 33.6 Å². The largest absolute Gasteiger partial charge is 0.320 e. The van der Waals surface area contributed by atoms with Crippen molar-refractivity contribution in [1.29, 1.82) is 0 Å². The molecule has 0 bridgehead atoms. The highest BCUT2D eigenvalue weighted by molar-refractivity contribution is 9.10. The van der Waals surface area contributed by atoms with Crippen LogP contribution in [0.15, 0.2) is 59.6 Å². The highest BCUT2D eigenvalue weighted by Gasteiger charge is 2.11. The number of nitrogens with zero attached hydrogens (tertiary/aromatic N) is 3. The molecular formula is C15H11BrFN3. The van der Waals surface area contributed by atoms with Crippen LogP contribution in [0.3, 0.4) is 0 Å². The molecule has 0 atom stereocenters. The van der Waals surface area contributed by atoms with Crippen LogP contribution >= 0.6 is 15.9 Å². The van der Waals surface area contributed by atoms with E-state index in [4.69, 9.17) is 0 Å². The van der Waals surface area contributed by atoms with Crippen LogP contribution < -0.4 is 0 Å². The Balaban J connectivity index is 1.91. The minimum Gasteiger partial charge on any atom is -0.320 e. The van der Waals surface area contributed by atoms with Gasteiger partial charge in [0.05, 0.1) is 18.2 Å². The lowest BCUT2D eigenvalue weighted by molar-refractivity contribution is 0.622. The molecule has 0 fully saturated rings. The molecule has 0 amide bonds. The maximum absolute atomic E-state index is 12.9. The summed E-state index contributed by atoms with van der Waals surface area (Å²) >= 11 is 3.53. The minimum atomic E-state index is -0.353. The summed E-state index contributed by atoms with van der Waals surface area (Å²) in [5, 5.41) is 0. The molecule has 3 rings (SSSR count). The zero-order valence-corrected chi connectivity index (χ0v) is 12.1. The molecule has 3 aromatic rings. The normalized spacial score (nSPS) is 10.7. The molecule has 3 nitrogen and oxygen atoms in total. The lowest BCUT2D eigenvalue weighted by atomic mass is 10.2. The van der Waals surface area contributed by atoms with Gasteiger partial charge in [0.25, 0.3) is 0 Å². The first-order valence-electron chi connectivity index (χ1n) is 6.10. The molecule has 5 heteroatoms. The lowest BCUT2D eigenvalue weighted by Gasteiger charge is -2.04. The second kappa shape index (κ2) is 5.54. The van der Waals surface area contributed by atoms with Crippen LogP contribution in [-0.4, -0.2) is 14.5 Å². The number of rotatable bonds is 3. The first-order valence-corrected chi connectivity index (χ1v) is 6.90. The van der Waals surface area contributed by atoms with Gasteiger partial charge in [-0.15, -0.1) is 0 Å². The van der Waals surface area contributed by atoms with Crippen LogP contribution in [0.25, 0.3) is 11.4 Å². The summed E-state index contributed by atoms with van der Waals surface area (Å²) in [4.78, 5) is 8.39. The van der Waals surface area contributed by atoms with Gasteiger partial charge >= 0.3 is 0 Å². The molecule has 0 spiro atoms. The Hall–Kier alpha value is -2.01. The van der Waals surface area contributed by atoms with Gasteiger partial charge in [0.2, 0.25) is 0 Å². The van der Waals surface area contributed by atoms with E-state index >= 15 is 0 Å². The average Bonchev–Trinajstić information content (AvgIpc) is 2.83. The quantitative estimate of drug-likeness (QED) is 0.728. The molecule has 100 valence electrons. The van der Waals surface area contributed by atoms with Crippen molar-refractivity contribution in [3.8, 4) is 11.4 Å². The highest BCUT2D eigenvalue weighted by Crippen LogP contribution is 2.26. The van der Waals surface area contributed by atoms with E-state index in [0.717, 1.165) is 11.1 Å². The van der Waals surface area contributed by atoms with Gasteiger partial charge in [-0.3, -0.25) is 4.98 Å². The Morgan fingerprint density at radius 2 is 1.85 bits per heavy atom. The number of benzene rings is 1. The number of hydrogen-bond acceptors (Lipinski definition) is 2. The molecule has 0 aliphatic heterocycles. The van der Waals surface area contributed by atoms with Gasteiger partial charge in [0.1, 0.15) is 16.1 Å². The van der Waals surface area contributed by atoms with E-state index in [1.54, 1.807) is 12.4 Å². The van der Waals surface area contributed by atoms with Crippen LogP contribution in [0.1, 0.15) is 5.56 Å². The fourth-order valence-electron chi connectivity index (χ4n) is 1.95. The topological polar surface area (TPSA) is 30.7 Å². The summed E-state index contributed by atoms with van der Waals surface area (Å²) in [5.41, 5.74) is 2.54. The molecule has 0 saturated carbocycles. The number of imidazole rings is 1. The standard InChI is InChI=1S/C15H11BrFN3/c16-15-14(13-7-6-12(17)8-18-13)19-10-20(15)9-11-4-2-1-3-5-11/h1-8,10H,9H2. The van der Waals surface area contributed by atoms with Crippen molar-refractivity contribution in [3.63, 3.8) is 0 Å². The van der Waals surface area contributed by atoms with Gasteiger partial charge in [-0.2, -0.15) is 0 Å². The number of pyridine rings is 1. The molecular weight excluding hydrogens is 321 g/mol. The van der Waals surface area contributed by atoms with E-state index < -0.39 is 0 Å². The molecule has 0 radical (unpaired) electrons. The summed E-state index contributed by atoms with van der Waals surface area (Å²) in [6, 6.07) is 13.1. The summed E-state index contributed by atoms with van der Waals surface area (Å²) in [5.74, 6) is -0.353. The Morgan fingerprint density at radius 3 is 2.55 bits per heavy atom. The summed E-state index contributed by atoms with van der Waals surface area (Å²) in [6.07, 6.45) is 2.94. The van der Waals surface area contributed by atoms with Crippen molar-refractivity contribution in [1.82, 2.24) is 14.5 Å². The first-order chi connectivity index (χ1) is 9.74. The maximum atomic E-state index is 12.9. The third-order valence-electron chi connectivity index (χ3n) is 2.94. The Morgan fingerprint density at radius 1 is 1.05 bits per heavy atom. The van der Waals surface area contributed by atoms with Crippen molar-refractivity contribution in [2.75, 3.05) is 0 Å². The third-order valence-corrected chi connectivity index (χ3v) is 3.77. The van der Waals surface area contributed by atoms with Crippen molar-refractivity contribution >= 4 is 15.9 Å². The second-order valence-electron chi connectivity index (χ2n) is 4.36. The molecule has 2 heterocycles.